The van der Waals surface area contributed by atoms with Gasteiger partial charge in [0.25, 0.3) is 5.91 Å². The van der Waals surface area contributed by atoms with Gasteiger partial charge in [0.15, 0.2) is 0 Å². The molecule has 4 rings (SSSR count). The van der Waals surface area contributed by atoms with Crippen molar-refractivity contribution >= 4 is 11.9 Å². The number of fused-ring (bicyclic) bond motifs is 1. The molecule has 1 aliphatic carbocycles. The van der Waals surface area contributed by atoms with Crippen LogP contribution in [0.1, 0.15) is 42.6 Å². The van der Waals surface area contributed by atoms with E-state index in [2.05, 4.69) is 14.9 Å². The number of rotatable bonds is 4. The standard InChI is InChI=1S/C18H24N4O4/c23-16(24)10-18(3-1-4-18)21-7-2-15-14(12-21)22(8-9-26-15)17(25)13-11-19-5-6-20-13/h5-6,11,14-15H,1-4,7-10,12H2,(H,23,24)/t14-,15-/m0/s1. The molecule has 8 heteroatoms. The molecule has 2 saturated heterocycles. The minimum Gasteiger partial charge on any atom is -0.481 e. The predicted octanol–water partition coefficient (Wildman–Crippen LogP) is 0.789. The largest absolute Gasteiger partial charge is 0.481 e. The van der Waals surface area contributed by atoms with Crippen molar-refractivity contribution in [3.63, 3.8) is 0 Å². The fraction of sp³-hybridized carbons (Fsp3) is 0.667. The van der Waals surface area contributed by atoms with E-state index >= 15 is 0 Å². The Morgan fingerprint density at radius 3 is 2.81 bits per heavy atom. The fourth-order valence-corrected chi connectivity index (χ4v) is 4.58. The van der Waals surface area contributed by atoms with Crippen LogP contribution in [0.2, 0.25) is 0 Å². The number of morpholine rings is 1. The number of carbonyl (C=O) groups excluding carboxylic acids is 1. The lowest BCUT2D eigenvalue weighted by molar-refractivity contribution is -0.148. The van der Waals surface area contributed by atoms with Gasteiger partial charge in [-0.2, -0.15) is 0 Å². The Kier molecular flexibility index (Phi) is 4.62. The molecule has 1 saturated carbocycles. The summed E-state index contributed by atoms with van der Waals surface area (Å²) >= 11 is 0. The number of carbonyl (C=O) groups is 2. The van der Waals surface area contributed by atoms with E-state index in [9.17, 15) is 14.7 Å². The highest BCUT2D eigenvalue weighted by molar-refractivity contribution is 5.92. The van der Waals surface area contributed by atoms with Crippen LogP contribution in [-0.4, -0.2) is 80.7 Å². The molecular weight excluding hydrogens is 336 g/mol. The summed E-state index contributed by atoms with van der Waals surface area (Å²) in [5.41, 5.74) is 0.0874. The van der Waals surface area contributed by atoms with E-state index in [-0.39, 0.29) is 30.0 Å². The average molecular weight is 360 g/mol. The molecule has 2 atom stereocenters. The second kappa shape index (κ2) is 6.92. The van der Waals surface area contributed by atoms with Gasteiger partial charge in [0.05, 0.1) is 31.4 Å². The van der Waals surface area contributed by atoms with Crippen molar-refractivity contribution in [2.75, 3.05) is 26.2 Å². The number of aromatic nitrogens is 2. The number of carboxylic acids is 1. The molecule has 3 fully saturated rings. The molecular formula is C18H24N4O4. The molecule has 3 heterocycles. The number of ether oxygens (including phenoxy) is 1. The smallest absolute Gasteiger partial charge is 0.305 e. The summed E-state index contributed by atoms with van der Waals surface area (Å²) in [5, 5.41) is 9.33. The molecule has 1 aromatic heterocycles. The molecule has 26 heavy (non-hydrogen) atoms. The molecule has 0 aromatic carbocycles. The van der Waals surface area contributed by atoms with E-state index < -0.39 is 5.97 Å². The minimum atomic E-state index is -0.751. The molecule has 1 amide bonds. The highest BCUT2D eigenvalue weighted by Gasteiger charge is 2.49. The number of nitrogens with zero attached hydrogens (tertiary/aromatic N) is 4. The van der Waals surface area contributed by atoms with Crippen LogP contribution in [0.25, 0.3) is 0 Å². The van der Waals surface area contributed by atoms with Gasteiger partial charge in [0, 0.05) is 37.6 Å². The third-order valence-corrected chi connectivity index (χ3v) is 6.06. The summed E-state index contributed by atoms with van der Waals surface area (Å²) in [4.78, 5) is 36.6. The van der Waals surface area contributed by atoms with Gasteiger partial charge in [-0.05, 0) is 25.7 Å². The second-order valence-corrected chi connectivity index (χ2v) is 7.45. The summed E-state index contributed by atoms with van der Waals surface area (Å²) in [5.74, 6) is -0.877. The Balaban J connectivity index is 1.53. The molecule has 140 valence electrons. The van der Waals surface area contributed by atoms with Gasteiger partial charge in [-0.1, -0.05) is 0 Å². The second-order valence-electron chi connectivity index (χ2n) is 7.45. The molecule has 0 spiro atoms. The van der Waals surface area contributed by atoms with Crippen molar-refractivity contribution in [1.82, 2.24) is 19.8 Å². The Morgan fingerprint density at radius 1 is 1.31 bits per heavy atom. The summed E-state index contributed by atoms with van der Waals surface area (Å²) in [6.45, 7) is 2.52. The topological polar surface area (TPSA) is 95.9 Å². The zero-order valence-electron chi connectivity index (χ0n) is 14.7. The summed E-state index contributed by atoms with van der Waals surface area (Å²) in [6, 6.07) is -0.0710. The van der Waals surface area contributed by atoms with E-state index in [1.54, 1.807) is 6.20 Å². The van der Waals surface area contributed by atoms with Crippen molar-refractivity contribution in [1.29, 1.82) is 0 Å². The quantitative estimate of drug-likeness (QED) is 0.848. The first-order chi connectivity index (χ1) is 12.6. The number of hydrogen-bond acceptors (Lipinski definition) is 6. The molecule has 0 unspecified atom stereocenters. The van der Waals surface area contributed by atoms with Crippen molar-refractivity contribution < 1.29 is 19.4 Å². The van der Waals surface area contributed by atoms with E-state index in [0.717, 1.165) is 32.2 Å². The van der Waals surface area contributed by atoms with Crippen molar-refractivity contribution in [2.45, 2.75) is 49.8 Å². The number of likely N-dealkylation sites (tertiary alicyclic amines) is 1. The highest BCUT2D eigenvalue weighted by Crippen LogP contribution is 2.43. The van der Waals surface area contributed by atoms with Crippen LogP contribution in [0.3, 0.4) is 0 Å². The van der Waals surface area contributed by atoms with Crippen molar-refractivity contribution in [3.8, 4) is 0 Å². The first-order valence-corrected chi connectivity index (χ1v) is 9.24. The summed E-state index contributed by atoms with van der Waals surface area (Å²) in [6.07, 6.45) is 8.44. The molecule has 8 nitrogen and oxygen atoms in total. The lowest BCUT2D eigenvalue weighted by atomic mass is 9.71. The van der Waals surface area contributed by atoms with Gasteiger partial charge < -0.3 is 14.7 Å². The minimum absolute atomic E-state index is 0.00239. The molecule has 1 N–H and O–H groups in total. The van der Waals surface area contributed by atoms with Crippen LogP contribution >= 0.6 is 0 Å². The number of piperidine rings is 1. The maximum absolute atomic E-state index is 12.9. The Bertz CT molecular complexity index is 679. The van der Waals surface area contributed by atoms with Crippen LogP contribution in [0.4, 0.5) is 0 Å². The number of amides is 1. The van der Waals surface area contributed by atoms with Gasteiger partial charge in [-0.25, -0.2) is 4.98 Å². The van der Waals surface area contributed by atoms with Gasteiger partial charge in [-0.15, -0.1) is 0 Å². The fourth-order valence-electron chi connectivity index (χ4n) is 4.58. The van der Waals surface area contributed by atoms with Gasteiger partial charge >= 0.3 is 5.97 Å². The number of aliphatic carboxylic acids is 1. The number of hydrogen-bond donors (Lipinski definition) is 1. The first-order valence-electron chi connectivity index (χ1n) is 9.24. The molecule has 3 aliphatic rings. The highest BCUT2D eigenvalue weighted by atomic mass is 16.5. The Morgan fingerprint density at radius 2 is 2.15 bits per heavy atom. The lowest BCUT2D eigenvalue weighted by Gasteiger charge is -2.55. The number of carboxylic acid groups (broad SMARTS) is 1. The summed E-state index contributed by atoms with van der Waals surface area (Å²) in [7, 11) is 0. The monoisotopic (exact) mass is 360 g/mol. The van der Waals surface area contributed by atoms with E-state index in [1.807, 2.05) is 4.90 Å². The van der Waals surface area contributed by atoms with Gasteiger partial charge in [-0.3, -0.25) is 19.5 Å². The SMILES string of the molecule is O=C(O)CC1(N2CC[C@@H]3OCCN(C(=O)c4cnccn4)[C@H]3C2)CCC1. The molecule has 0 radical (unpaired) electrons. The Hall–Kier alpha value is -2.06. The normalized spacial score (nSPS) is 28.1. The summed E-state index contributed by atoms with van der Waals surface area (Å²) < 4.78 is 5.92. The van der Waals surface area contributed by atoms with Crippen LogP contribution in [0.5, 0.6) is 0 Å². The lowest BCUT2D eigenvalue weighted by Crippen LogP contribution is -2.67. The van der Waals surface area contributed by atoms with E-state index in [0.29, 0.717) is 25.4 Å². The maximum Gasteiger partial charge on any atom is 0.305 e. The third kappa shape index (κ3) is 3.07. The zero-order valence-corrected chi connectivity index (χ0v) is 14.7. The van der Waals surface area contributed by atoms with Crippen LogP contribution in [-0.2, 0) is 9.53 Å². The van der Waals surface area contributed by atoms with Crippen LogP contribution in [0, 0.1) is 0 Å². The van der Waals surface area contributed by atoms with E-state index in [4.69, 9.17) is 4.74 Å². The molecule has 0 bridgehead atoms. The van der Waals surface area contributed by atoms with Crippen molar-refractivity contribution in [3.05, 3.63) is 24.3 Å². The average Bonchev–Trinajstić information content (AvgIpc) is 2.64. The first kappa shape index (κ1) is 17.4. The van der Waals surface area contributed by atoms with Crippen LogP contribution < -0.4 is 0 Å². The van der Waals surface area contributed by atoms with Gasteiger partial charge in [0.1, 0.15) is 5.69 Å². The third-order valence-electron chi connectivity index (χ3n) is 6.06. The van der Waals surface area contributed by atoms with Crippen molar-refractivity contribution in [2.24, 2.45) is 0 Å². The Labute approximate surface area is 152 Å². The maximum atomic E-state index is 12.9. The van der Waals surface area contributed by atoms with Crippen LogP contribution in [0.15, 0.2) is 18.6 Å². The molecule has 2 aliphatic heterocycles. The zero-order chi connectivity index (χ0) is 18.1. The predicted molar refractivity (Wildman–Crippen MR) is 91.6 cm³/mol. The van der Waals surface area contributed by atoms with E-state index in [1.165, 1.54) is 12.4 Å². The van der Waals surface area contributed by atoms with Gasteiger partial charge in [0.2, 0.25) is 0 Å². The molecule has 1 aromatic rings.